The van der Waals surface area contributed by atoms with Gasteiger partial charge in [0.25, 0.3) is 0 Å². The number of rotatable bonds is 7. The maximum atomic E-state index is 11.7. The fourth-order valence-electron chi connectivity index (χ4n) is 5.00. The summed E-state index contributed by atoms with van der Waals surface area (Å²) in [6.07, 6.45) is 3.11. The van der Waals surface area contributed by atoms with Gasteiger partial charge in [-0.2, -0.15) is 5.10 Å². The zero-order valence-electron chi connectivity index (χ0n) is 21.0. The Labute approximate surface area is 219 Å². The number of carboxylic acid groups (broad SMARTS) is 1. The van der Waals surface area contributed by atoms with Crippen molar-refractivity contribution >= 4 is 28.2 Å². The smallest absolute Gasteiger partial charge is 0.339 e. The SMILES string of the molecule is COc1cc(-c2c(CCc3ccc4ccccc4n3)nc3c(N4CCOCC4)ccnn23)ccc1C(=O)O. The Kier molecular flexibility index (Phi) is 6.35. The Morgan fingerprint density at radius 1 is 1.03 bits per heavy atom. The second-order valence-electron chi connectivity index (χ2n) is 9.17. The number of hydrogen-bond donors (Lipinski definition) is 1. The van der Waals surface area contributed by atoms with Crippen molar-refractivity contribution in [2.24, 2.45) is 0 Å². The van der Waals surface area contributed by atoms with E-state index in [0.717, 1.165) is 58.0 Å². The van der Waals surface area contributed by atoms with Crippen LogP contribution in [-0.4, -0.2) is 64.1 Å². The molecule has 1 aliphatic heterocycles. The van der Waals surface area contributed by atoms with Gasteiger partial charge in [-0.1, -0.05) is 30.3 Å². The highest BCUT2D eigenvalue weighted by Crippen LogP contribution is 2.33. The van der Waals surface area contributed by atoms with Crippen molar-refractivity contribution in [2.45, 2.75) is 12.8 Å². The van der Waals surface area contributed by atoms with Crippen LogP contribution < -0.4 is 9.64 Å². The molecule has 0 saturated carbocycles. The van der Waals surface area contributed by atoms with Crippen molar-refractivity contribution in [1.29, 1.82) is 0 Å². The van der Waals surface area contributed by atoms with Crippen molar-refractivity contribution < 1.29 is 19.4 Å². The van der Waals surface area contributed by atoms with Gasteiger partial charge in [-0.25, -0.2) is 14.3 Å². The van der Waals surface area contributed by atoms with Crippen molar-refractivity contribution in [3.8, 4) is 17.0 Å². The van der Waals surface area contributed by atoms with Gasteiger partial charge in [-0.3, -0.25) is 4.98 Å². The molecule has 1 aliphatic rings. The van der Waals surface area contributed by atoms with Gasteiger partial charge < -0.3 is 19.5 Å². The molecule has 9 nitrogen and oxygen atoms in total. The summed E-state index contributed by atoms with van der Waals surface area (Å²) < 4.78 is 12.8. The van der Waals surface area contributed by atoms with Gasteiger partial charge in [0, 0.05) is 29.7 Å². The lowest BCUT2D eigenvalue weighted by Gasteiger charge is -2.28. The van der Waals surface area contributed by atoms with E-state index in [9.17, 15) is 9.90 Å². The number of aromatic nitrogens is 4. The lowest BCUT2D eigenvalue weighted by Crippen LogP contribution is -2.36. The number of benzene rings is 2. The minimum Gasteiger partial charge on any atom is -0.496 e. The van der Waals surface area contributed by atoms with Crippen LogP contribution in [0.3, 0.4) is 0 Å². The molecule has 0 unspecified atom stereocenters. The number of methoxy groups -OCH3 is 1. The van der Waals surface area contributed by atoms with Gasteiger partial charge >= 0.3 is 5.97 Å². The number of ether oxygens (including phenoxy) is 2. The fraction of sp³-hybridized carbons (Fsp3) is 0.241. The summed E-state index contributed by atoms with van der Waals surface area (Å²) in [6.45, 7) is 2.88. The van der Waals surface area contributed by atoms with E-state index in [0.29, 0.717) is 26.1 Å². The van der Waals surface area contributed by atoms with E-state index in [-0.39, 0.29) is 11.3 Å². The largest absolute Gasteiger partial charge is 0.496 e. The number of nitrogens with zero attached hydrogens (tertiary/aromatic N) is 5. The van der Waals surface area contributed by atoms with Crippen LogP contribution >= 0.6 is 0 Å². The number of imidazole rings is 1. The Bertz CT molecular complexity index is 1640. The van der Waals surface area contributed by atoms with Crippen LogP contribution in [0.2, 0.25) is 0 Å². The molecule has 9 heteroatoms. The molecule has 38 heavy (non-hydrogen) atoms. The average molecular weight is 510 g/mol. The fourth-order valence-corrected chi connectivity index (χ4v) is 5.00. The van der Waals surface area contributed by atoms with Gasteiger partial charge in [0.05, 0.1) is 49.1 Å². The predicted molar refractivity (Wildman–Crippen MR) is 144 cm³/mol. The van der Waals surface area contributed by atoms with Crippen LogP contribution in [-0.2, 0) is 17.6 Å². The third-order valence-corrected chi connectivity index (χ3v) is 6.90. The van der Waals surface area contributed by atoms with Gasteiger partial charge in [0.1, 0.15) is 11.3 Å². The first-order chi connectivity index (χ1) is 18.6. The Hall–Kier alpha value is -4.50. The van der Waals surface area contributed by atoms with E-state index in [4.69, 9.17) is 19.4 Å². The van der Waals surface area contributed by atoms with E-state index in [1.165, 1.54) is 7.11 Å². The minimum absolute atomic E-state index is 0.106. The van der Waals surface area contributed by atoms with Crippen molar-refractivity contribution in [1.82, 2.24) is 19.6 Å². The van der Waals surface area contributed by atoms with Gasteiger partial charge in [-0.05, 0) is 43.2 Å². The summed E-state index contributed by atoms with van der Waals surface area (Å²) in [5.41, 5.74) is 6.25. The highest BCUT2D eigenvalue weighted by atomic mass is 16.5. The summed E-state index contributed by atoms with van der Waals surface area (Å²) in [5, 5.41) is 15.4. The molecule has 5 aromatic rings. The molecule has 1 N–H and O–H groups in total. The minimum atomic E-state index is -1.04. The first-order valence-electron chi connectivity index (χ1n) is 12.6. The maximum absolute atomic E-state index is 11.7. The summed E-state index contributed by atoms with van der Waals surface area (Å²) in [4.78, 5) is 23.9. The summed E-state index contributed by atoms with van der Waals surface area (Å²) >= 11 is 0. The molecule has 0 atom stereocenters. The van der Waals surface area contributed by atoms with Gasteiger partial charge in [0.15, 0.2) is 5.65 Å². The van der Waals surface area contributed by atoms with E-state index in [2.05, 4.69) is 28.2 Å². The van der Waals surface area contributed by atoms with Crippen molar-refractivity contribution in [3.05, 3.63) is 83.8 Å². The molecule has 6 rings (SSSR count). The zero-order valence-corrected chi connectivity index (χ0v) is 21.0. The van der Waals surface area contributed by atoms with E-state index < -0.39 is 5.97 Å². The third kappa shape index (κ3) is 4.41. The molecular weight excluding hydrogens is 482 g/mol. The molecule has 2 aromatic carbocycles. The lowest BCUT2D eigenvalue weighted by molar-refractivity contribution is 0.0693. The first-order valence-corrected chi connectivity index (χ1v) is 12.6. The quantitative estimate of drug-likeness (QED) is 0.347. The summed E-state index contributed by atoms with van der Waals surface area (Å²) in [7, 11) is 1.47. The number of carbonyl (C=O) groups is 1. The predicted octanol–water partition coefficient (Wildman–Crippen LogP) is 4.27. The van der Waals surface area contributed by atoms with Crippen LogP contribution in [0, 0.1) is 0 Å². The summed E-state index contributed by atoms with van der Waals surface area (Å²) in [5.74, 6) is -0.752. The monoisotopic (exact) mass is 509 g/mol. The molecule has 0 spiro atoms. The number of aromatic carboxylic acids is 1. The summed E-state index contributed by atoms with van der Waals surface area (Å²) in [6, 6.07) is 19.3. The number of fused-ring (bicyclic) bond motifs is 2. The van der Waals surface area contributed by atoms with E-state index in [1.54, 1.807) is 24.4 Å². The number of aryl methyl sites for hydroxylation is 2. The molecule has 0 radical (unpaired) electrons. The third-order valence-electron chi connectivity index (χ3n) is 6.90. The molecule has 4 heterocycles. The van der Waals surface area contributed by atoms with Crippen LogP contribution in [0.1, 0.15) is 21.7 Å². The number of anilines is 1. The van der Waals surface area contributed by atoms with Gasteiger partial charge in [0.2, 0.25) is 0 Å². The zero-order chi connectivity index (χ0) is 26.1. The van der Waals surface area contributed by atoms with Crippen LogP contribution in [0.15, 0.2) is 66.9 Å². The molecule has 0 aliphatic carbocycles. The topological polar surface area (TPSA) is 102 Å². The molecule has 3 aromatic heterocycles. The van der Waals surface area contributed by atoms with Crippen molar-refractivity contribution in [2.75, 3.05) is 38.3 Å². The Balaban J connectivity index is 1.45. The Morgan fingerprint density at radius 2 is 1.87 bits per heavy atom. The Morgan fingerprint density at radius 3 is 2.68 bits per heavy atom. The van der Waals surface area contributed by atoms with Crippen molar-refractivity contribution in [3.63, 3.8) is 0 Å². The lowest BCUT2D eigenvalue weighted by atomic mass is 10.0. The molecule has 0 amide bonds. The number of morpholine rings is 1. The molecule has 1 fully saturated rings. The van der Waals surface area contributed by atoms with E-state index in [1.807, 2.05) is 28.8 Å². The second kappa shape index (κ2) is 10.1. The molecular formula is C29H27N5O4. The highest BCUT2D eigenvalue weighted by molar-refractivity contribution is 5.92. The standard InChI is InChI=1S/C29H27N5O4/c1-37-26-18-20(7-10-22(26)29(35)36)27-24(11-9-21-8-6-19-4-2-3-5-23(19)31-21)32-28-25(12-13-30-34(27)28)33-14-16-38-17-15-33/h2-8,10,12-13,18H,9,11,14-17H2,1H3,(H,35,36). The molecule has 192 valence electrons. The molecule has 0 bridgehead atoms. The van der Waals surface area contributed by atoms with Crippen LogP contribution in [0.5, 0.6) is 5.75 Å². The number of carboxylic acids is 1. The highest BCUT2D eigenvalue weighted by Gasteiger charge is 2.23. The average Bonchev–Trinajstić information content (AvgIpc) is 3.34. The maximum Gasteiger partial charge on any atom is 0.339 e. The number of hydrogen-bond acceptors (Lipinski definition) is 7. The van der Waals surface area contributed by atoms with Gasteiger partial charge in [-0.15, -0.1) is 0 Å². The number of para-hydroxylation sites is 1. The molecule has 1 saturated heterocycles. The normalized spacial score (nSPS) is 13.8. The first kappa shape index (κ1) is 23.9. The number of pyridine rings is 1. The van der Waals surface area contributed by atoms with E-state index >= 15 is 0 Å². The van der Waals surface area contributed by atoms with Crippen LogP contribution in [0.25, 0.3) is 27.8 Å². The second-order valence-corrected chi connectivity index (χ2v) is 9.17. The van der Waals surface area contributed by atoms with Crippen LogP contribution in [0.4, 0.5) is 5.69 Å².